The summed E-state index contributed by atoms with van der Waals surface area (Å²) in [4.78, 5) is 28.4. The number of carbonyl (C=O) groups is 1. The third-order valence-corrected chi connectivity index (χ3v) is 3.94. The first kappa shape index (κ1) is 15.6. The lowest BCUT2D eigenvalue weighted by Gasteiger charge is -2.17. The third kappa shape index (κ3) is 2.97. The SMILES string of the molecule is CCO[C@H]1CN(C(=O)c2cc(=O)[nH]c3ccc(F)cc23)C[C@@H]1O. The zero-order valence-corrected chi connectivity index (χ0v) is 12.6. The number of hydrogen-bond donors (Lipinski definition) is 2. The van der Waals surface area contributed by atoms with E-state index in [1.807, 2.05) is 6.92 Å². The van der Waals surface area contributed by atoms with Gasteiger partial charge in [0.15, 0.2) is 0 Å². The summed E-state index contributed by atoms with van der Waals surface area (Å²) >= 11 is 0. The van der Waals surface area contributed by atoms with Gasteiger partial charge in [-0.05, 0) is 25.1 Å². The summed E-state index contributed by atoms with van der Waals surface area (Å²) < 4.78 is 18.9. The molecule has 122 valence electrons. The summed E-state index contributed by atoms with van der Waals surface area (Å²) in [6, 6.07) is 5.01. The van der Waals surface area contributed by atoms with Crippen molar-refractivity contribution in [2.45, 2.75) is 19.1 Å². The summed E-state index contributed by atoms with van der Waals surface area (Å²) in [6.45, 7) is 2.59. The van der Waals surface area contributed by atoms with E-state index in [2.05, 4.69) is 4.98 Å². The van der Waals surface area contributed by atoms with Crippen LogP contribution in [0.15, 0.2) is 29.1 Å². The fourth-order valence-corrected chi connectivity index (χ4v) is 2.87. The van der Waals surface area contributed by atoms with Crippen LogP contribution in [0, 0.1) is 5.82 Å². The first-order valence-electron chi connectivity index (χ1n) is 7.41. The van der Waals surface area contributed by atoms with E-state index in [4.69, 9.17) is 4.74 Å². The molecule has 1 aromatic heterocycles. The van der Waals surface area contributed by atoms with Gasteiger partial charge < -0.3 is 19.7 Å². The molecule has 0 unspecified atom stereocenters. The molecule has 1 amide bonds. The number of aliphatic hydroxyl groups is 1. The topological polar surface area (TPSA) is 82.6 Å². The molecule has 0 spiro atoms. The molecule has 1 fully saturated rings. The maximum Gasteiger partial charge on any atom is 0.254 e. The highest BCUT2D eigenvalue weighted by atomic mass is 19.1. The van der Waals surface area contributed by atoms with Gasteiger partial charge in [-0.15, -0.1) is 0 Å². The predicted molar refractivity (Wildman–Crippen MR) is 81.9 cm³/mol. The number of nitrogens with zero attached hydrogens (tertiary/aromatic N) is 1. The van der Waals surface area contributed by atoms with Gasteiger partial charge in [0.25, 0.3) is 5.91 Å². The lowest BCUT2D eigenvalue weighted by atomic mass is 10.1. The molecule has 0 saturated carbocycles. The summed E-state index contributed by atoms with van der Waals surface area (Å²) in [5, 5.41) is 10.3. The monoisotopic (exact) mass is 320 g/mol. The number of ether oxygens (including phenoxy) is 1. The molecule has 6 nitrogen and oxygen atoms in total. The Morgan fingerprint density at radius 1 is 1.43 bits per heavy atom. The molecule has 2 aromatic rings. The predicted octanol–water partition coefficient (Wildman–Crippen LogP) is 0.889. The number of carbonyl (C=O) groups excluding carboxylic acids is 1. The van der Waals surface area contributed by atoms with Gasteiger partial charge in [-0.1, -0.05) is 0 Å². The molecular weight excluding hydrogens is 303 g/mol. The van der Waals surface area contributed by atoms with Gasteiger partial charge in [-0.2, -0.15) is 0 Å². The first-order chi connectivity index (χ1) is 11.0. The van der Waals surface area contributed by atoms with Gasteiger partial charge in [0.05, 0.1) is 11.7 Å². The number of aromatic amines is 1. The lowest BCUT2D eigenvalue weighted by Crippen LogP contribution is -2.31. The number of nitrogens with one attached hydrogen (secondary N) is 1. The molecule has 23 heavy (non-hydrogen) atoms. The first-order valence-corrected chi connectivity index (χ1v) is 7.41. The third-order valence-electron chi connectivity index (χ3n) is 3.94. The van der Waals surface area contributed by atoms with Gasteiger partial charge in [0.2, 0.25) is 5.56 Å². The molecule has 0 radical (unpaired) electrons. The molecule has 1 saturated heterocycles. The Bertz CT molecular complexity index is 804. The van der Waals surface area contributed by atoms with Crippen molar-refractivity contribution < 1.29 is 19.0 Å². The van der Waals surface area contributed by atoms with E-state index in [1.165, 1.54) is 23.1 Å². The number of aromatic nitrogens is 1. The summed E-state index contributed by atoms with van der Waals surface area (Å²) in [7, 11) is 0. The summed E-state index contributed by atoms with van der Waals surface area (Å²) in [5.41, 5.74) is 0.0736. The number of benzene rings is 1. The van der Waals surface area contributed by atoms with Crippen molar-refractivity contribution in [3.8, 4) is 0 Å². The number of likely N-dealkylation sites (tertiary alicyclic amines) is 1. The second-order valence-corrected chi connectivity index (χ2v) is 5.51. The number of amides is 1. The average molecular weight is 320 g/mol. The molecule has 2 N–H and O–H groups in total. The van der Waals surface area contributed by atoms with E-state index in [9.17, 15) is 19.1 Å². The fourth-order valence-electron chi connectivity index (χ4n) is 2.87. The highest BCUT2D eigenvalue weighted by Gasteiger charge is 2.35. The van der Waals surface area contributed by atoms with Crippen LogP contribution < -0.4 is 5.56 Å². The molecule has 7 heteroatoms. The Labute approximate surface area is 131 Å². The maximum atomic E-state index is 13.5. The van der Waals surface area contributed by atoms with Crippen LogP contribution in [0.25, 0.3) is 10.9 Å². The van der Waals surface area contributed by atoms with Crippen LogP contribution in [0.2, 0.25) is 0 Å². The van der Waals surface area contributed by atoms with Crippen molar-refractivity contribution in [1.29, 1.82) is 0 Å². The number of aliphatic hydroxyl groups excluding tert-OH is 1. The highest BCUT2D eigenvalue weighted by Crippen LogP contribution is 2.21. The van der Waals surface area contributed by atoms with Crippen molar-refractivity contribution in [2.75, 3.05) is 19.7 Å². The fraction of sp³-hybridized carbons (Fsp3) is 0.375. The van der Waals surface area contributed by atoms with Gasteiger partial charge in [-0.3, -0.25) is 9.59 Å². The zero-order valence-electron chi connectivity index (χ0n) is 12.6. The molecule has 3 rings (SSSR count). The van der Waals surface area contributed by atoms with E-state index >= 15 is 0 Å². The van der Waals surface area contributed by atoms with E-state index in [1.54, 1.807) is 0 Å². The number of rotatable bonds is 3. The lowest BCUT2D eigenvalue weighted by molar-refractivity contribution is -0.00237. The number of hydrogen-bond acceptors (Lipinski definition) is 4. The quantitative estimate of drug-likeness (QED) is 0.880. The van der Waals surface area contributed by atoms with Crippen LogP contribution in [-0.4, -0.2) is 52.8 Å². The van der Waals surface area contributed by atoms with Crippen LogP contribution in [0.5, 0.6) is 0 Å². The van der Waals surface area contributed by atoms with Crippen molar-refractivity contribution in [3.05, 3.63) is 46.0 Å². The largest absolute Gasteiger partial charge is 0.388 e. The van der Waals surface area contributed by atoms with E-state index in [0.29, 0.717) is 17.5 Å². The Kier molecular flexibility index (Phi) is 4.14. The Balaban J connectivity index is 1.98. The van der Waals surface area contributed by atoms with Crippen LogP contribution in [0.4, 0.5) is 4.39 Å². The number of pyridine rings is 1. The molecular formula is C16H17FN2O4. The summed E-state index contributed by atoms with van der Waals surface area (Å²) in [5.74, 6) is -0.916. The maximum absolute atomic E-state index is 13.5. The van der Waals surface area contributed by atoms with Crippen molar-refractivity contribution in [3.63, 3.8) is 0 Å². The number of halogens is 1. The van der Waals surface area contributed by atoms with Crippen LogP contribution >= 0.6 is 0 Å². The number of fused-ring (bicyclic) bond motifs is 1. The van der Waals surface area contributed by atoms with Crippen LogP contribution in [-0.2, 0) is 4.74 Å². The van der Waals surface area contributed by atoms with Gasteiger partial charge in [0.1, 0.15) is 11.9 Å². The second kappa shape index (κ2) is 6.10. The minimum Gasteiger partial charge on any atom is -0.388 e. The normalized spacial score (nSPS) is 21.1. The molecule has 1 aliphatic rings. The molecule has 0 aliphatic carbocycles. The van der Waals surface area contributed by atoms with Gasteiger partial charge in [-0.25, -0.2) is 4.39 Å². The molecule has 1 aliphatic heterocycles. The molecule has 2 heterocycles. The number of β-amino-alcohol motifs (C(OH)–C–C–N with tert-alkyl or cyclic N) is 1. The highest BCUT2D eigenvalue weighted by molar-refractivity contribution is 6.06. The smallest absolute Gasteiger partial charge is 0.254 e. The van der Waals surface area contributed by atoms with Crippen LogP contribution in [0.1, 0.15) is 17.3 Å². The Morgan fingerprint density at radius 3 is 2.96 bits per heavy atom. The van der Waals surface area contributed by atoms with E-state index in [0.717, 1.165) is 6.07 Å². The van der Waals surface area contributed by atoms with Crippen LogP contribution in [0.3, 0.4) is 0 Å². The summed E-state index contributed by atoms with van der Waals surface area (Å²) in [6.07, 6.45) is -1.22. The van der Waals surface area contributed by atoms with Crippen molar-refractivity contribution >= 4 is 16.8 Å². The van der Waals surface area contributed by atoms with Crippen molar-refractivity contribution in [1.82, 2.24) is 9.88 Å². The van der Waals surface area contributed by atoms with Gasteiger partial charge in [0, 0.05) is 36.7 Å². The van der Waals surface area contributed by atoms with Gasteiger partial charge >= 0.3 is 0 Å². The molecule has 2 atom stereocenters. The Morgan fingerprint density at radius 2 is 2.22 bits per heavy atom. The Hall–Kier alpha value is -2.25. The van der Waals surface area contributed by atoms with E-state index in [-0.39, 0.29) is 18.7 Å². The van der Waals surface area contributed by atoms with E-state index < -0.39 is 29.5 Å². The minimum atomic E-state index is -0.774. The standard InChI is InChI=1S/C16H17FN2O4/c1-2-23-14-8-19(7-13(14)20)16(22)11-6-15(21)18-12-4-3-9(17)5-10(11)12/h3-6,13-14,20H,2,7-8H2,1H3,(H,18,21)/t13-,14-/m0/s1. The zero-order chi connectivity index (χ0) is 16.6. The number of H-pyrrole nitrogens is 1. The second-order valence-electron chi connectivity index (χ2n) is 5.51. The van der Waals surface area contributed by atoms with Crippen molar-refractivity contribution in [2.24, 2.45) is 0 Å². The minimum absolute atomic E-state index is 0.118. The average Bonchev–Trinajstić information content (AvgIpc) is 2.88. The molecule has 0 bridgehead atoms. The molecule has 1 aromatic carbocycles.